The van der Waals surface area contributed by atoms with Crippen molar-refractivity contribution in [3.63, 3.8) is 0 Å². The van der Waals surface area contributed by atoms with E-state index < -0.39 is 0 Å². The van der Waals surface area contributed by atoms with Gasteiger partial charge in [0.2, 0.25) is 0 Å². The zero-order valence-corrected chi connectivity index (χ0v) is 12.1. The number of hydrogen-bond donors (Lipinski definition) is 1. The van der Waals surface area contributed by atoms with Crippen molar-refractivity contribution in [2.45, 2.75) is 13.5 Å². The molecule has 0 heterocycles. The number of anilines is 1. The van der Waals surface area contributed by atoms with E-state index in [1.807, 2.05) is 31.2 Å². The lowest BCUT2D eigenvalue weighted by atomic mass is 10.1. The highest BCUT2D eigenvalue weighted by atomic mass is 79.9. The number of rotatable bonds is 3. The number of hydrogen-bond acceptors (Lipinski definition) is 3. The molecule has 2 aromatic rings. The van der Waals surface area contributed by atoms with Gasteiger partial charge in [-0.05, 0) is 48.4 Å². The van der Waals surface area contributed by atoms with Crippen molar-refractivity contribution in [1.29, 1.82) is 0 Å². The molecule has 0 aliphatic carbocycles. The quantitative estimate of drug-likeness (QED) is 0.693. The third-order valence-corrected chi connectivity index (χ3v) is 3.28. The Morgan fingerprint density at radius 2 is 1.89 bits per heavy atom. The lowest BCUT2D eigenvalue weighted by Crippen LogP contribution is -2.07. The van der Waals surface area contributed by atoms with E-state index in [4.69, 9.17) is 10.5 Å². The van der Waals surface area contributed by atoms with E-state index in [0.29, 0.717) is 11.3 Å². The summed E-state index contributed by atoms with van der Waals surface area (Å²) in [6.45, 7) is 2.10. The number of nitrogens with two attached hydrogens (primary N) is 1. The zero-order valence-electron chi connectivity index (χ0n) is 10.5. The molecule has 0 unspecified atom stereocenters. The molecule has 0 spiro atoms. The van der Waals surface area contributed by atoms with Gasteiger partial charge in [-0.1, -0.05) is 28.1 Å². The highest BCUT2D eigenvalue weighted by Gasteiger charge is 2.10. The first-order chi connectivity index (χ1) is 9.06. The van der Waals surface area contributed by atoms with Gasteiger partial charge in [-0.15, -0.1) is 0 Å². The second kappa shape index (κ2) is 5.89. The second-order valence-electron chi connectivity index (χ2n) is 4.28. The maximum absolute atomic E-state index is 11.9. The normalized spacial score (nSPS) is 10.2. The van der Waals surface area contributed by atoms with Gasteiger partial charge in [0.25, 0.3) is 0 Å². The number of benzene rings is 2. The third kappa shape index (κ3) is 3.58. The van der Waals surface area contributed by atoms with E-state index in [1.54, 1.807) is 18.2 Å². The Balaban J connectivity index is 2.03. The monoisotopic (exact) mass is 319 g/mol. The van der Waals surface area contributed by atoms with Crippen LogP contribution < -0.4 is 5.73 Å². The summed E-state index contributed by atoms with van der Waals surface area (Å²) in [4.78, 5) is 11.9. The smallest absolute Gasteiger partial charge is 0.338 e. The van der Waals surface area contributed by atoms with Gasteiger partial charge >= 0.3 is 5.97 Å². The molecular formula is C15H14BrNO2. The molecular weight excluding hydrogens is 306 g/mol. The van der Waals surface area contributed by atoms with Crippen molar-refractivity contribution >= 4 is 27.6 Å². The highest BCUT2D eigenvalue weighted by molar-refractivity contribution is 9.10. The summed E-state index contributed by atoms with van der Waals surface area (Å²) in [5, 5.41) is 0. The molecule has 0 saturated heterocycles. The molecule has 0 aliphatic heterocycles. The Kier molecular flexibility index (Phi) is 4.22. The number of nitrogen functional groups attached to an aromatic ring is 1. The van der Waals surface area contributed by atoms with Gasteiger partial charge in [-0.3, -0.25) is 0 Å². The summed E-state index contributed by atoms with van der Waals surface area (Å²) in [7, 11) is 0. The summed E-state index contributed by atoms with van der Waals surface area (Å²) < 4.78 is 6.28. The molecule has 2 rings (SSSR count). The van der Waals surface area contributed by atoms with E-state index in [-0.39, 0.29) is 12.6 Å². The van der Waals surface area contributed by atoms with Crippen LogP contribution in [0.15, 0.2) is 46.9 Å². The number of ether oxygens (including phenoxy) is 1. The van der Waals surface area contributed by atoms with Crippen molar-refractivity contribution in [1.82, 2.24) is 0 Å². The fourth-order valence-electron chi connectivity index (χ4n) is 1.72. The lowest BCUT2D eigenvalue weighted by molar-refractivity contribution is 0.0472. The summed E-state index contributed by atoms with van der Waals surface area (Å²) in [6, 6.07) is 12.8. The molecule has 3 nitrogen and oxygen atoms in total. The minimum Gasteiger partial charge on any atom is -0.457 e. The van der Waals surface area contributed by atoms with E-state index >= 15 is 0 Å². The van der Waals surface area contributed by atoms with Crippen LogP contribution >= 0.6 is 15.9 Å². The Morgan fingerprint density at radius 1 is 1.21 bits per heavy atom. The number of carbonyl (C=O) groups excluding carboxylic acids is 1. The zero-order chi connectivity index (χ0) is 13.8. The predicted octanol–water partition coefficient (Wildman–Crippen LogP) is 3.70. The van der Waals surface area contributed by atoms with E-state index in [2.05, 4.69) is 15.9 Å². The molecule has 2 N–H and O–H groups in total. The molecule has 0 radical (unpaired) electrons. The van der Waals surface area contributed by atoms with Crippen molar-refractivity contribution in [2.24, 2.45) is 0 Å². The van der Waals surface area contributed by atoms with Crippen LogP contribution in [0.2, 0.25) is 0 Å². The van der Waals surface area contributed by atoms with Gasteiger partial charge in [0.15, 0.2) is 0 Å². The molecule has 19 heavy (non-hydrogen) atoms. The molecule has 0 atom stereocenters. The Bertz CT molecular complexity index is 594. The number of esters is 1. The largest absolute Gasteiger partial charge is 0.457 e. The van der Waals surface area contributed by atoms with Crippen molar-refractivity contribution < 1.29 is 9.53 Å². The predicted molar refractivity (Wildman–Crippen MR) is 78.9 cm³/mol. The van der Waals surface area contributed by atoms with Crippen molar-refractivity contribution in [2.75, 3.05) is 5.73 Å². The second-order valence-corrected chi connectivity index (χ2v) is 5.19. The van der Waals surface area contributed by atoms with E-state index in [0.717, 1.165) is 15.6 Å². The van der Waals surface area contributed by atoms with Crippen molar-refractivity contribution in [3.05, 3.63) is 63.6 Å². The van der Waals surface area contributed by atoms with Crippen molar-refractivity contribution in [3.8, 4) is 0 Å². The topological polar surface area (TPSA) is 52.3 Å². The molecule has 0 aromatic heterocycles. The van der Waals surface area contributed by atoms with Crippen LogP contribution in [-0.4, -0.2) is 5.97 Å². The molecule has 2 aromatic carbocycles. The Labute approximate surface area is 120 Å². The van der Waals surface area contributed by atoms with Crippen LogP contribution in [-0.2, 0) is 11.3 Å². The van der Waals surface area contributed by atoms with Crippen LogP contribution in [0.5, 0.6) is 0 Å². The third-order valence-electron chi connectivity index (χ3n) is 2.75. The number of halogens is 1. The summed E-state index contributed by atoms with van der Waals surface area (Å²) in [5.74, 6) is -0.333. The average molecular weight is 320 g/mol. The van der Waals surface area contributed by atoms with Crippen LogP contribution in [0, 0.1) is 6.92 Å². The summed E-state index contributed by atoms with van der Waals surface area (Å²) >= 11 is 3.36. The van der Waals surface area contributed by atoms with Gasteiger partial charge in [0.05, 0.1) is 5.56 Å². The summed E-state index contributed by atoms with van der Waals surface area (Å²) in [5.41, 5.74) is 8.61. The van der Waals surface area contributed by atoms with Gasteiger partial charge in [0, 0.05) is 10.2 Å². The van der Waals surface area contributed by atoms with Gasteiger partial charge < -0.3 is 10.5 Å². The molecule has 0 saturated carbocycles. The van der Waals surface area contributed by atoms with Gasteiger partial charge in [-0.2, -0.15) is 0 Å². The fourth-order valence-corrected chi connectivity index (χ4v) is 1.99. The minimum absolute atomic E-state index is 0.260. The first-order valence-electron chi connectivity index (χ1n) is 5.84. The summed E-state index contributed by atoms with van der Waals surface area (Å²) in [6.07, 6.45) is 0. The standard InChI is InChI=1S/C15H14BrNO2/c1-10-8-13(17)6-7-14(10)15(18)19-9-11-2-4-12(16)5-3-11/h2-8H,9,17H2,1H3. The number of aryl methyl sites for hydroxylation is 1. The molecule has 4 heteroatoms. The maximum atomic E-state index is 11.9. The van der Waals surface area contributed by atoms with Gasteiger partial charge in [0.1, 0.15) is 6.61 Å². The molecule has 0 amide bonds. The van der Waals surface area contributed by atoms with E-state index in [1.165, 1.54) is 0 Å². The SMILES string of the molecule is Cc1cc(N)ccc1C(=O)OCc1ccc(Br)cc1. The van der Waals surface area contributed by atoms with Crippen LogP contribution in [0.1, 0.15) is 21.5 Å². The lowest BCUT2D eigenvalue weighted by Gasteiger charge is -2.08. The Morgan fingerprint density at radius 3 is 2.53 bits per heavy atom. The average Bonchev–Trinajstić information content (AvgIpc) is 2.37. The van der Waals surface area contributed by atoms with Crippen LogP contribution in [0.4, 0.5) is 5.69 Å². The Hall–Kier alpha value is -1.81. The van der Waals surface area contributed by atoms with Crippen LogP contribution in [0.3, 0.4) is 0 Å². The van der Waals surface area contributed by atoms with E-state index in [9.17, 15) is 4.79 Å². The molecule has 98 valence electrons. The minimum atomic E-state index is -0.333. The fraction of sp³-hybridized carbons (Fsp3) is 0.133. The molecule has 0 bridgehead atoms. The number of carbonyl (C=O) groups is 1. The van der Waals surface area contributed by atoms with Gasteiger partial charge in [-0.25, -0.2) is 4.79 Å². The molecule has 0 aliphatic rings. The molecule has 0 fully saturated rings. The first-order valence-corrected chi connectivity index (χ1v) is 6.63. The maximum Gasteiger partial charge on any atom is 0.338 e. The first kappa shape index (κ1) is 13.6. The van der Waals surface area contributed by atoms with Crippen LogP contribution in [0.25, 0.3) is 0 Å². The highest BCUT2D eigenvalue weighted by Crippen LogP contribution is 2.15.